The molecule has 0 saturated heterocycles. The van der Waals surface area contributed by atoms with Crippen molar-refractivity contribution in [2.45, 2.75) is 44.9 Å². The molecule has 1 aliphatic rings. The highest BCUT2D eigenvalue weighted by atomic mass is 35.5. The number of hydrogen-bond donors (Lipinski definition) is 1. The molecule has 5 heteroatoms. The Morgan fingerprint density at radius 3 is 2.56 bits per heavy atom. The lowest BCUT2D eigenvalue weighted by atomic mass is 10.1. The first kappa shape index (κ1) is 14.3. The molecule has 0 amide bonds. The Balaban J connectivity index is 2.25. The number of halogens is 1. The van der Waals surface area contributed by atoms with Gasteiger partial charge in [-0.05, 0) is 37.5 Å². The van der Waals surface area contributed by atoms with Crippen LogP contribution in [0.15, 0.2) is 0 Å². The average molecular weight is 268 g/mol. The summed E-state index contributed by atoms with van der Waals surface area (Å²) in [5, 5.41) is 0.241. The zero-order valence-corrected chi connectivity index (χ0v) is 11.6. The molecule has 0 radical (unpaired) electrons. The summed E-state index contributed by atoms with van der Waals surface area (Å²) in [6.45, 7) is 4.62. The summed E-state index contributed by atoms with van der Waals surface area (Å²) in [6.07, 6.45) is 3.72. The predicted molar refractivity (Wildman–Crippen MR) is 68.2 cm³/mol. The maximum Gasteiger partial charge on any atom is 0.211 e. The molecule has 0 aromatic rings. The molecule has 1 N–H and O–H groups in total. The quantitative estimate of drug-likeness (QED) is 0.751. The molecule has 0 aliphatic heterocycles. The van der Waals surface area contributed by atoms with Crippen molar-refractivity contribution >= 4 is 21.6 Å². The number of alkyl halides is 1. The Bertz CT molecular complexity index is 303. The van der Waals surface area contributed by atoms with Crippen LogP contribution in [-0.4, -0.2) is 26.1 Å². The van der Waals surface area contributed by atoms with Crippen LogP contribution in [0.3, 0.4) is 0 Å². The van der Waals surface area contributed by atoms with Crippen molar-refractivity contribution in [3.05, 3.63) is 0 Å². The molecule has 2 unspecified atom stereocenters. The number of nitrogens with one attached hydrogen (secondary N) is 1. The third-order valence-corrected chi connectivity index (χ3v) is 4.81. The van der Waals surface area contributed by atoms with E-state index < -0.39 is 10.0 Å². The smallest absolute Gasteiger partial charge is 0.211 e. The average Bonchev–Trinajstić information content (AvgIpc) is 2.59. The van der Waals surface area contributed by atoms with E-state index in [1.807, 2.05) is 13.8 Å². The highest BCUT2D eigenvalue weighted by molar-refractivity contribution is 7.89. The number of sulfonamides is 1. The number of hydrogen-bond acceptors (Lipinski definition) is 2. The zero-order valence-electron chi connectivity index (χ0n) is 10.1. The van der Waals surface area contributed by atoms with Gasteiger partial charge in [-0.25, -0.2) is 13.1 Å². The van der Waals surface area contributed by atoms with Gasteiger partial charge in [0.25, 0.3) is 0 Å². The van der Waals surface area contributed by atoms with E-state index in [9.17, 15) is 8.42 Å². The second-order valence-electron chi connectivity index (χ2n) is 5.13. The van der Waals surface area contributed by atoms with E-state index in [1.165, 1.54) is 0 Å². The van der Waals surface area contributed by atoms with Gasteiger partial charge in [-0.15, -0.1) is 11.6 Å². The summed E-state index contributed by atoms with van der Waals surface area (Å²) >= 11 is 5.98. The highest BCUT2D eigenvalue weighted by Gasteiger charge is 2.24. The van der Waals surface area contributed by atoms with Crippen molar-refractivity contribution in [1.29, 1.82) is 0 Å². The van der Waals surface area contributed by atoms with Gasteiger partial charge < -0.3 is 0 Å². The molecule has 2 atom stereocenters. The van der Waals surface area contributed by atoms with Gasteiger partial charge in [-0.3, -0.25) is 0 Å². The zero-order chi connectivity index (χ0) is 12.2. The van der Waals surface area contributed by atoms with Crippen LogP contribution in [0.4, 0.5) is 0 Å². The predicted octanol–water partition coefficient (Wildman–Crippen LogP) is 2.36. The van der Waals surface area contributed by atoms with E-state index in [2.05, 4.69) is 4.72 Å². The Morgan fingerprint density at radius 1 is 1.38 bits per heavy atom. The van der Waals surface area contributed by atoms with Crippen LogP contribution in [0.25, 0.3) is 0 Å². The van der Waals surface area contributed by atoms with Crippen molar-refractivity contribution in [2.75, 3.05) is 12.3 Å². The van der Waals surface area contributed by atoms with E-state index in [4.69, 9.17) is 11.6 Å². The minimum absolute atomic E-state index is 0.238. The normalized spacial score (nSPS) is 26.5. The largest absolute Gasteiger partial charge is 0.215 e. The molecule has 0 aromatic heterocycles. The minimum Gasteiger partial charge on any atom is -0.215 e. The lowest BCUT2D eigenvalue weighted by Crippen LogP contribution is -2.31. The van der Waals surface area contributed by atoms with Crippen LogP contribution in [0.5, 0.6) is 0 Å². The van der Waals surface area contributed by atoms with E-state index >= 15 is 0 Å². The molecule has 0 spiro atoms. The first-order valence-electron chi connectivity index (χ1n) is 6.00. The second-order valence-corrected chi connectivity index (χ2v) is 7.67. The van der Waals surface area contributed by atoms with E-state index in [0.717, 1.165) is 25.7 Å². The maximum atomic E-state index is 11.6. The standard InChI is InChI=1S/C11H22ClNO2S/c1-9(2)5-6-16(14,15)13-8-10-3-4-11(12)7-10/h9-11,13H,3-8H2,1-2H3. The fourth-order valence-electron chi connectivity index (χ4n) is 1.91. The lowest BCUT2D eigenvalue weighted by molar-refractivity contribution is 0.515. The van der Waals surface area contributed by atoms with Gasteiger partial charge in [-0.2, -0.15) is 0 Å². The van der Waals surface area contributed by atoms with Gasteiger partial charge in [0, 0.05) is 11.9 Å². The Hall–Kier alpha value is 0.200. The first-order valence-corrected chi connectivity index (χ1v) is 8.09. The molecular formula is C11H22ClNO2S. The first-order chi connectivity index (χ1) is 7.39. The van der Waals surface area contributed by atoms with Gasteiger partial charge in [0.05, 0.1) is 5.75 Å². The van der Waals surface area contributed by atoms with Gasteiger partial charge >= 0.3 is 0 Å². The SMILES string of the molecule is CC(C)CCS(=O)(=O)NCC1CCC(Cl)C1. The molecule has 0 heterocycles. The van der Waals surface area contributed by atoms with Crippen molar-refractivity contribution in [2.24, 2.45) is 11.8 Å². The Labute approximate surface area is 104 Å². The molecule has 0 bridgehead atoms. The molecule has 96 valence electrons. The van der Waals surface area contributed by atoms with Crippen LogP contribution >= 0.6 is 11.6 Å². The second kappa shape index (κ2) is 6.22. The molecular weight excluding hydrogens is 246 g/mol. The monoisotopic (exact) mass is 267 g/mol. The third-order valence-electron chi connectivity index (χ3n) is 3.03. The van der Waals surface area contributed by atoms with Crippen LogP contribution in [-0.2, 0) is 10.0 Å². The third kappa shape index (κ3) is 5.51. The van der Waals surface area contributed by atoms with Crippen LogP contribution < -0.4 is 4.72 Å². The summed E-state index contributed by atoms with van der Waals surface area (Å²) in [5.74, 6) is 1.09. The Kier molecular flexibility index (Phi) is 5.54. The number of rotatable bonds is 6. The van der Waals surface area contributed by atoms with Crippen molar-refractivity contribution in [3.63, 3.8) is 0 Å². The highest BCUT2D eigenvalue weighted by Crippen LogP contribution is 2.28. The van der Waals surface area contributed by atoms with Crippen molar-refractivity contribution in [3.8, 4) is 0 Å². The molecule has 1 aliphatic carbocycles. The molecule has 1 saturated carbocycles. The lowest BCUT2D eigenvalue weighted by Gasteiger charge is -2.12. The minimum atomic E-state index is -3.07. The molecule has 16 heavy (non-hydrogen) atoms. The van der Waals surface area contributed by atoms with E-state index in [-0.39, 0.29) is 11.1 Å². The maximum absolute atomic E-state index is 11.6. The molecule has 0 aromatic carbocycles. The fourth-order valence-corrected chi connectivity index (χ4v) is 3.70. The van der Waals surface area contributed by atoms with Gasteiger partial charge in [0.2, 0.25) is 10.0 Å². The van der Waals surface area contributed by atoms with E-state index in [0.29, 0.717) is 18.4 Å². The fraction of sp³-hybridized carbons (Fsp3) is 1.00. The van der Waals surface area contributed by atoms with Gasteiger partial charge in [0.15, 0.2) is 0 Å². The summed E-state index contributed by atoms with van der Waals surface area (Å²) in [7, 11) is -3.07. The molecule has 3 nitrogen and oxygen atoms in total. The van der Waals surface area contributed by atoms with Crippen LogP contribution in [0.2, 0.25) is 0 Å². The van der Waals surface area contributed by atoms with Crippen molar-refractivity contribution < 1.29 is 8.42 Å². The van der Waals surface area contributed by atoms with Crippen LogP contribution in [0.1, 0.15) is 39.5 Å². The van der Waals surface area contributed by atoms with Gasteiger partial charge in [0.1, 0.15) is 0 Å². The topological polar surface area (TPSA) is 46.2 Å². The summed E-state index contributed by atoms with van der Waals surface area (Å²) < 4.78 is 25.9. The molecule has 1 rings (SSSR count). The van der Waals surface area contributed by atoms with Gasteiger partial charge in [-0.1, -0.05) is 13.8 Å². The van der Waals surface area contributed by atoms with E-state index in [1.54, 1.807) is 0 Å². The van der Waals surface area contributed by atoms with Crippen molar-refractivity contribution in [1.82, 2.24) is 4.72 Å². The molecule has 1 fully saturated rings. The van der Waals surface area contributed by atoms with Crippen LogP contribution in [0, 0.1) is 11.8 Å². The summed E-state index contributed by atoms with van der Waals surface area (Å²) in [5.41, 5.74) is 0. The summed E-state index contributed by atoms with van der Waals surface area (Å²) in [6, 6.07) is 0. The Morgan fingerprint density at radius 2 is 2.06 bits per heavy atom. The summed E-state index contributed by atoms with van der Waals surface area (Å²) in [4.78, 5) is 0.